The molecule has 0 saturated heterocycles. The van der Waals surface area contributed by atoms with Crippen LogP contribution in [-0.4, -0.2) is 50.3 Å². The molecule has 0 aromatic heterocycles. The molecule has 0 amide bonds. The van der Waals surface area contributed by atoms with E-state index in [9.17, 15) is 5.11 Å². The molecule has 5 heteroatoms. The van der Waals surface area contributed by atoms with Gasteiger partial charge in [0, 0.05) is 13.1 Å². The summed E-state index contributed by atoms with van der Waals surface area (Å²) in [6.45, 7) is 3.91. The molecule has 1 unspecified atom stereocenters. The molecule has 120 valence electrons. The van der Waals surface area contributed by atoms with Crippen molar-refractivity contribution in [3.05, 3.63) is 42.3 Å². The smallest absolute Gasteiger partial charge is 0.841 e. The summed E-state index contributed by atoms with van der Waals surface area (Å²) in [5.74, 6) is 0.0690. The van der Waals surface area contributed by atoms with Gasteiger partial charge in [-0.1, -0.05) is 44.4 Å². The summed E-state index contributed by atoms with van der Waals surface area (Å²) in [5.41, 5.74) is 1.15. The number of unbranched alkanes of at least 4 members (excludes halogenated alkanes) is 1. The molecule has 0 fully saturated rings. The Hall–Kier alpha value is 0.165. The van der Waals surface area contributed by atoms with Crippen LogP contribution in [0.1, 0.15) is 31.7 Å². The summed E-state index contributed by atoms with van der Waals surface area (Å²) < 4.78 is 0. The summed E-state index contributed by atoms with van der Waals surface area (Å²) in [5, 5.41) is 12.7. The second kappa shape index (κ2) is 14.5. The van der Waals surface area contributed by atoms with Crippen LogP contribution in [0.2, 0.25) is 0 Å². The Labute approximate surface area is 167 Å². The average molecular weight is 304 g/mol. The van der Waals surface area contributed by atoms with Gasteiger partial charge in [-0.2, -0.15) is 24.1 Å². The fourth-order valence-electron chi connectivity index (χ4n) is 2.37. The molecular weight excluding hydrogens is 274 g/mol. The Balaban J connectivity index is 0. The molecule has 2 atom stereocenters. The van der Waals surface area contributed by atoms with E-state index in [0.717, 1.165) is 37.9 Å². The number of likely N-dealkylation sites (N-methyl/N-ethyl adjacent to an activating group) is 2. The first-order valence-corrected chi connectivity index (χ1v) is 7.95. The van der Waals surface area contributed by atoms with Crippen molar-refractivity contribution in [2.24, 2.45) is 5.92 Å². The van der Waals surface area contributed by atoms with Gasteiger partial charge in [-0.3, -0.25) is 0 Å². The number of rotatable bonds is 10. The molecule has 1 aromatic carbocycles. The molecule has 0 aliphatic rings. The molecule has 0 aliphatic carbocycles. The predicted molar refractivity (Wildman–Crippen MR) is 87.8 cm³/mol. The molecule has 0 aliphatic heterocycles. The minimum atomic E-state index is -0.670. The van der Waals surface area contributed by atoms with E-state index >= 15 is 0 Å². The molecule has 0 N–H and O–H groups in total. The van der Waals surface area contributed by atoms with E-state index in [1.54, 1.807) is 0 Å². The fraction of sp³-hybridized carbons (Fsp3) is 0.611. The van der Waals surface area contributed by atoms with Crippen LogP contribution in [0.25, 0.3) is 0 Å². The van der Waals surface area contributed by atoms with Gasteiger partial charge in [0.15, 0.2) is 0 Å². The summed E-state index contributed by atoms with van der Waals surface area (Å²) in [6, 6.07) is 10.2. The summed E-state index contributed by atoms with van der Waals surface area (Å²) in [7, 11) is 6.02. The van der Waals surface area contributed by atoms with Gasteiger partial charge in [0.2, 0.25) is 0 Å². The first kappa shape index (κ1) is 25.4. The third-order valence-electron chi connectivity index (χ3n) is 3.80. The van der Waals surface area contributed by atoms with Gasteiger partial charge in [0.05, 0.1) is 0 Å². The normalized spacial score (nSPS) is 13.2. The summed E-state index contributed by atoms with van der Waals surface area (Å²) in [4.78, 5) is 4.06. The summed E-state index contributed by atoms with van der Waals surface area (Å²) in [6.07, 6.45) is 4.68. The van der Waals surface area contributed by atoms with Crippen LogP contribution < -0.4 is 42.8 Å². The van der Waals surface area contributed by atoms with Gasteiger partial charge in [0.25, 0.3) is 0 Å². The zero-order valence-corrected chi connectivity index (χ0v) is 16.0. The van der Waals surface area contributed by atoms with Gasteiger partial charge in [-0.05, 0) is 21.1 Å². The third-order valence-corrected chi connectivity index (χ3v) is 3.80. The summed E-state index contributed by atoms with van der Waals surface area (Å²) >= 11 is 0. The molecule has 0 heterocycles. The zero-order chi connectivity index (χ0) is 15.7. The van der Waals surface area contributed by atoms with Crippen molar-refractivity contribution < 1.29 is 42.8 Å². The standard InChI is InChI=1S/C18H30N2O.2Li/c1-5-6-12-17(15-16-10-8-7-9-11-16)18(21)20(4)14-13-19(2)3;;/h7-11,15,17-18H,5-6,12-14H2,1-4H3;;/q-2;2*+1/t17-,18?;;/m1../s1. The van der Waals surface area contributed by atoms with E-state index < -0.39 is 6.23 Å². The van der Waals surface area contributed by atoms with Crippen molar-refractivity contribution in [1.29, 1.82) is 0 Å². The molecule has 3 nitrogen and oxygen atoms in total. The Morgan fingerprint density at radius 3 is 2.17 bits per heavy atom. The van der Waals surface area contributed by atoms with Crippen molar-refractivity contribution in [2.75, 3.05) is 34.2 Å². The van der Waals surface area contributed by atoms with Crippen LogP contribution >= 0.6 is 0 Å². The van der Waals surface area contributed by atoms with Gasteiger partial charge in [-0.15, -0.1) is 12.1 Å². The minimum Gasteiger partial charge on any atom is -0.841 e. The Morgan fingerprint density at radius 1 is 1.04 bits per heavy atom. The van der Waals surface area contributed by atoms with Crippen molar-refractivity contribution >= 4 is 0 Å². The van der Waals surface area contributed by atoms with Crippen LogP contribution in [0.3, 0.4) is 0 Å². The number of hydrogen-bond donors (Lipinski definition) is 0. The monoisotopic (exact) mass is 304 g/mol. The quantitative estimate of drug-likeness (QED) is 0.253. The minimum absolute atomic E-state index is 0. The molecule has 1 aromatic rings. The zero-order valence-electron chi connectivity index (χ0n) is 16.0. The molecule has 23 heavy (non-hydrogen) atoms. The van der Waals surface area contributed by atoms with Crippen molar-refractivity contribution in [2.45, 2.75) is 32.4 Å². The maximum Gasteiger partial charge on any atom is 1.00 e. The average Bonchev–Trinajstić information content (AvgIpc) is 2.49. The molecule has 1 rings (SSSR count). The molecule has 0 bridgehead atoms. The topological polar surface area (TPSA) is 29.5 Å². The van der Waals surface area contributed by atoms with Gasteiger partial charge in [0.1, 0.15) is 0 Å². The first-order valence-electron chi connectivity index (χ1n) is 7.95. The molecule has 0 radical (unpaired) electrons. The third kappa shape index (κ3) is 10.6. The van der Waals surface area contributed by atoms with Crippen LogP contribution in [0, 0.1) is 12.3 Å². The Bertz CT molecular complexity index is 377. The van der Waals surface area contributed by atoms with Crippen LogP contribution in [0.4, 0.5) is 0 Å². The molecular formula is C18H30Li2N2O. The second-order valence-electron chi connectivity index (χ2n) is 6.06. The number of benzene rings is 1. The Kier molecular flexibility index (Phi) is 16.0. The van der Waals surface area contributed by atoms with E-state index in [1.165, 1.54) is 0 Å². The second-order valence-corrected chi connectivity index (χ2v) is 6.06. The van der Waals surface area contributed by atoms with E-state index in [-0.39, 0.29) is 43.6 Å². The maximum absolute atomic E-state index is 12.7. The fourth-order valence-corrected chi connectivity index (χ4v) is 2.37. The van der Waals surface area contributed by atoms with Crippen molar-refractivity contribution in [3.63, 3.8) is 0 Å². The van der Waals surface area contributed by atoms with Crippen molar-refractivity contribution in [1.82, 2.24) is 9.80 Å². The Morgan fingerprint density at radius 2 is 1.65 bits per heavy atom. The predicted octanol–water partition coefficient (Wildman–Crippen LogP) is -3.77. The SMILES string of the molecule is CCCC[C@H]([CH-]c1ccccc1)C([O-])N(C)CCN(C)C.[Li+].[Li+]. The maximum atomic E-state index is 12.7. The van der Waals surface area contributed by atoms with Gasteiger partial charge >= 0.3 is 37.7 Å². The van der Waals surface area contributed by atoms with E-state index in [1.807, 2.05) is 44.2 Å². The van der Waals surface area contributed by atoms with Crippen LogP contribution in [0.5, 0.6) is 0 Å². The number of nitrogens with zero attached hydrogens (tertiary/aromatic N) is 2. The van der Waals surface area contributed by atoms with Crippen LogP contribution in [-0.2, 0) is 0 Å². The van der Waals surface area contributed by atoms with E-state index in [2.05, 4.69) is 30.4 Å². The van der Waals surface area contributed by atoms with E-state index in [4.69, 9.17) is 0 Å². The number of hydrogen-bond acceptors (Lipinski definition) is 3. The van der Waals surface area contributed by atoms with Crippen molar-refractivity contribution in [3.8, 4) is 0 Å². The molecule has 0 saturated carbocycles. The van der Waals surface area contributed by atoms with E-state index in [0.29, 0.717) is 0 Å². The van der Waals surface area contributed by atoms with Gasteiger partial charge < -0.3 is 14.9 Å². The largest absolute Gasteiger partial charge is 1.00 e. The molecule has 0 spiro atoms. The van der Waals surface area contributed by atoms with Crippen LogP contribution in [0.15, 0.2) is 30.3 Å². The first-order chi connectivity index (χ1) is 10.0. The van der Waals surface area contributed by atoms with Gasteiger partial charge in [-0.25, -0.2) is 0 Å².